The summed E-state index contributed by atoms with van der Waals surface area (Å²) >= 11 is 0. The maximum Gasteiger partial charge on any atom is 0.254 e. The number of carbonyl (C=O) groups is 1. The number of rotatable bonds is 6. The third-order valence-electron chi connectivity index (χ3n) is 6.03. The fraction of sp³-hybridized carbons (Fsp3) is 0.360. The van der Waals surface area contributed by atoms with E-state index in [-0.39, 0.29) is 11.9 Å². The molecule has 1 aromatic heterocycles. The van der Waals surface area contributed by atoms with Crippen molar-refractivity contribution in [3.8, 4) is 0 Å². The maximum atomic E-state index is 13.6. The van der Waals surface area contributed by atoms with Gasteiger partial charge in [0.05, 0.1) is 6.54 Å². The Hall–Kier alpha value is -3.02. The largest absolute Gasteiger partial charge is 0.329 e. The van der Waals surface area contributed by atoms with Crippen LogP contribution in [0.25, 0.3) is 0 Å². The van der Waals surface area contributed by atoms with Gasteiger partial charge >= 0.3 is 0 Å². The maximum absolute atomic E-state index is 13.6. The number of amides is 1. The van der Waals surface area contributed by atoms with Crippen molar-refractivity contribution in [1.29, 1.82) is 0 Å². The van der Waals surface area contributed by atoms with Gasteiger partial charge in [-0.2, -0.15) is 0 Å². The van der Waals surface area contributed by atoms with Crippen LogP contribution in [0.5, 0.6) is 0 Å². The topological polar surface area (TPSA) is 38.1 Å². The van der Waals surface area contributed by atoms with E-state index >= 15 is 0 Å². The first-order valence-electron chi connectivity index (χ1n) is 10.8. The minimum absolute atomic E-state index is 0.00859. The number of aromatic nitrogens is 2. The smallest absolute Gasteiger partial charge is 0.254 e. The Morgan fingerprint density at radius 3 is 2.52 bits per heavy atom. The summed E-state index contributed by atoms with van der Waals surface area (Å²) in [5.74, 6) is -0.982. The zero-order valence-corrected chi connectivity index (χ0v) is 17.7. The molecule has 0 aliphatic heterocycles. The molecule has 0 atom stereocenters. The molecule has 0 N–H and O–H groups in total. The van der Waals surface area contributed by atoms with Crippen LogP contribution in [0.4, 0.5) is 8.78 Å². The van der Waals surface area contributed by atoms with E-state index in [0.717, 1.165) is 43.1 Å². The Kier molecular flexibility index (Phi) is 6.44. The van der Waals surface area contributed by atoms with Gasteiger partial charge in [-0.1, -0.05) is 43.0 Å². The molecule has 4 nitrogen and oxygen atoms in total. The zero-order chi connectivity index (χ0) is 21.8. The van der Waals surface area contributed by atoms with Gasteiger partial charge in [0.25, 0.3) is 5.91 Å². The Labute approximate surface area is 181 Å². The van der Waals surface area contributed by atoms with Gasteiger partial charge in [0.1, 0.15) is 5.82 Å². The summed E-state index contributed by atoms with van der Waals surface area (Å²) in [6.07, 6.45) is 8.91. The number of benzene rings is 2. The lowest BCUT2D eigenvalue weighted by Gasteiger charge is -2.34. The van der Waals surface area contributed by atoms with Crippen molar-refractivity contribution in [1.82, 2.24) is 14.5 Å². The van der Waals surface area contributed by atoms with Gasteiger partial charge in [-0.15, -0.1) is 0 Å². The van der Waals surface area contributed by atoms with Crippen LogP contribution >= 0.6 is 0 Å². The van der Waals surface area contributed by atoms with Crippen molar-refractivity contribution < 1.29 is 13.6 Å². The van der Waals surface area contributed by atoms with Crippen molar-refractivity contribution in [3.63, 3.8) is 0 Å². The van der Waals surface area contributed by atoms with Gasteiger partial charge in [0.2, 0.25) is 0 Å². The quantitative estimate of drug-likeness (QED) is 0.526. The number of halogens is 2. The highest BCUT2D eigenvalue weighted by Gasteiger charge is 2.27. The molecule has 1 fully saturated rings. The summed E-state index contributed by atoms with van der Waals surface area (Å²) < 4.78 is 28.8. The predicted octanol–water partition coefficient (Wildman–Crippen LogP) is 5.49. The number of nitrogens with zero attached hydrogens (tertiary/aromatic N) is 3. The first-order valence-corrected chi connectivity index (χ1v) is 10.8. The van der Waals surface area contributed by atoms with Crippen LogP contribution in [0.1, 0.15) is 59.4 Å². The molecule has 0 saturated heterocycles. The van der Waals surface area contributed by atoms with Gasteiger partial charge in [-0.3, -0.25) is 4.79 Å². The van der Waals surface area contributed by atoms with Crippen molar-refractivity contribution >= 4 is 5.91 Å². The second kappa shape index (κ2) is 9.41. The molecule has 0 unspecified atom stereocenters. The molecule has 1 heterocycles. The zero-order valence-electron chi connectivity index (χ0n) is 17.7. The van der Waals surface area contributed by atoms with Crippen LogP contribution in [-0.2, 0) is 13.1 Å². The molecule has 2 aromatic carbocycles. The van der Waals surface area contributed by atoms with Gasteiger partial charge in [-0.25, -0.2) is 13.8 Å². The van der Waals surface area contributed by atoms with Crippen LogP contribution in [-0.4, -0.2) is 26.4 Å². The number of hydrogen-bond acceptors (Lipinski definition) is 2. The minimum atomic E-state index is -0.863. The van der Waals surface area contributed by atoms with Crippen molar-refractivity contribution in [2.75, 3.05) is 0 Å². The van der Waals surface area contributed by atoms with E-state index in [2.05, 4.69) is 4.98 Å². The SMILES string of the molecule is Cc1ccc(C(=O)N(Cc2nccn2Cc2ccc(F)c(F)c2)C2CCCCC2)cc1. The molecule has 3 aromatic rings. The number of aryl methyl sites for hydroxylation is 1. The molecule has 0 bridgehead atoms. The molecule has 1 aliphatic rings. The van der Waals surface area contributed by atoms with Crippen molar-refractivity contribution in [2.24, 2.45) is 0 Å². The van der Waals surface area contributed by atoms with Gasteiger partial charge in [-0.05, 0) is 49.6 Å². The Morgan fingerprint density at radius 1 is 1.06 bits per heavy atom. The average molecular weight is 424 g/mol. The van der Waals surface area contributed by atoms with E-state index in [4.69, 9.17) is 0 Å². The van der Waals surface area contributed by atoms with E-state index in [0.29, 0.717) is 24.2 Å². The average Bonchev–Trinajstić information content (AvgIpc) is 3.22. The summed E-state index contributed by atoms with van der Waals surface area (Å²) in [6.45, 7) is 2.75. The van der Waals surface area contributed by atoms with Gasteiger partial charge in [0.15, 0.2) is 11.6 Å². The van der Waals surface area contributed by atoms with Crippen LogP contribution in [0.2, 0.25) is 0 Å². The minimum Gasteiger partial charge on any atom is -0.329 e. The molecule has 1 amide bonds. The fourth-order valence-electron chi connectivity index (χ4n) is 4.24. The van der Waals surface area contributed by atoms with E-state index in [9.17, 15) is 13.6 Å². The second-order valence-corrected chi connectivity index (χ2v) is 8.31. The normalized spacial score (nSPS) is 14.5. The third kappa shape index (κ3) is 5.01. The van der Waals surface area contributed by atoms with Crippen molar-refractivity contribution in [2.45, 2.75) is 58.2 Å². The van der Waals surface area contributed by atoms with Gasteiger partial charge in [0, 0.05) is 30.5 Å². The molecule has 1 saturated carbocycles. The van der Waals surface area contributed by atoms with E-state index in [1.807, 2.05) is 46.9 Å². The predicted molar refractivity (Wildman–Crippen MR) is 116 cm³/mol. The van der Waals surface area contributed by atoms with Gasteiger partial charge < -0.3 is 9.47 Å². The van der Waals surface area contributed by atoms with Crippen molar-refractivity contribution in [3.05, 3.63) is 89.0 Å². The lowest BCUT2D eigenvalue weighted by molar-refractivity contribution is 0.0605. The van der Waals surface area contributed by atoms with E-state index in [1.165, 1.54) is 12.5 Å². The summed E-state index contributed by atoms with van der Waals surface area (Å²) in [5.41, 5.74) is 2.44. The Balaban J connectivity index is 1.58. The molecule has 31 heavy (non-hydrogen) atoms. The summed E-state index contributed by atoms with van der Waals surface area (Å²) in [6, 6.07) is 11.7. The number of hydrogen-bond donors (Lipinski definition) is 0. The lowest BCUT2D eigenvalue weighted by Crippen LogP contribution is -2.41. The summed E-state index contributed by atoms with van der Waals surface area (Å²) in [7, 11) is 0. The first kappa shape index (κ1) is 21.2. The summed E-state index contributed by atoms with van der Waals surface area (Å²) in [5, 5.41) is 0. The standard InChI is InChI=1S/C25H27F2N3O/c1-18-7-10-20(11-8-18)25(31)30(21-5-3-2-4-6-21)17-24-28-13-14-29(24)16-19-9-12-22(26)23(27)15-19/h7-15,21H,2-6,16-17H2,1H3. The van der Waals surface area contributed by atoms with E-state index < -0.39 is 11.6 Å². The highest BCUT2D eigenvalue weighted by atomic mass is 19.2. The van der Waals surface area contributed by atoms with Crippen LogP contribution < -0.4 is 0 Å². The first-order chi connectivity index (χ1) is 15.0. The molecular formula is C25H27F2N3O. The number of imidazole rings is 1. The molecule has 162 valence electrons. The molecule has 0 radical (unpaired) electrons. The lowest BCUT2D eigenvalue weighted by atomic mass is 9.93. The molecule has 4 rings (SSSR count). The monoisotopic (exact) mass is 423 g/mol. The molecular weight excluding hydrogens is 396 g/mol. The number of carbonyl (C=O) groups excluding carboxylic acids is 1. The Morgan fingerprint density at radius 2 is 1.81 bits per heavy atom. The van der Waals surface area contributed by atoms with Crippen LogP contribution in [0, 0.1) is 18.6 Å². The van der Waals surface area contributed by atoms with Crippen LogP contribution in [0.15, 0.2) is 54.9 Å². The second-order valence-electron chi connectivity index (χ2n) is 8.31. The summed E-state index contributed by atoms with van der Waals surface area (Å²) in [4.78, 5) is 19.8. The molecule has 0 spiro atoms. The molecule has 6 heteroatoms. The highest BCUT2D eigenvalue weighted by Crippen LogP contribution is 2.26. The fourth-order valence-corrected chi connectivity index (χ4v) is 4.24. The highest BCUT2D eigenvalue weighted by molar-refractivity contribution is 5.94. The Bertz CT molecular complexity index is 1040. The van der Waals surface area contributed by atoms with E-state index in [1.54, 1.807) is 12.3 Å². The van der Waals surface area contributed by atoms with Crippen LogP contribution in [0.3, 0.4) is 0 Å². The third-order valence-corrected chi connectivity index (χ3v) is 6.03. The molecule has 1 aliphatic carbocycles.